The van der Waals surface area contributed by atoms with Gasteiger partial charge in [0.2, 0.25) is 15.7 Å². The number of nitrogens with two attached hydrogens (primary N) is 1. The molecule has 0 fully saturated rings. The first-order valence-corrected chi connectivity index (χ1v) is 7.80. The van der Waals surface area contributed by atoms with Crippen LogP contribution in [0.5, 0.6) is 0 Å². The molecule has 0 spiro atoms. The zero-order chi connectivity index (χ0) is 16.2. The second kappa shape index (κ2) is 6.63. The van der Waals surface area contributed by atoms with Crippen molar-refractivity contribution in [1.29, 1.82) is 0 Å². The number of primary sulfonamides is 1. The summed E-state index contributed by atoms with van der Waals surface area (Å²) in [6.45, 7) is 2.89. The van der Waals surface area contributed by atoms with Crippen LogP contribution in [0, 0.1) is 10.1 Å². The molecule has 1 aromatic heterocycles. The Hall–Kier alpha value is -2.01. The Bertz CT molecular complexity index is 638. The van der Waals surface area contributed by atoms with Crippen LogP contribution in [0.2, 0.25) is 0 Å². The van der Waals surface area contributed by atoms with E-state index < -0.39 is 31.8 Å². The molecule has 0 aliphatic rings. The van der Waals surface area contributed by atoms with Crippen LogP contribution in [0.4, 0.5) is 5.69 Å². The van der Waals surface area contributed by atoms with Gasteiger partial charge in [0.1, 0.15) is 5.69 Å². The smallest absolute Gasteiger partial charge is 0.322 e. The van der Waals surface area contributed by atoms with Gasteiger partial charge in [-0.1, -0.05) is 13.3 Å². The van der Waals surface area contributed by atoms with Crippen LogP contribution >= 0.6 is 0 Å². The summed E-state index contributed by atoms with van der Waals surface area (Å²) in [6.07, 6.45) is 1.02. The van der Waals surface area contributed by atoms with Crippen molar-refractivity contribution in [3.63, 3.8) is 0 Å². The second-order valence-corrected chi connectivity index (χ2v) is 6.50. The summed E-state index contributed by atoms with van der Waals surface area (Å²) in [4.78, 5) is 22.2. The molecule has 1 rings (SSSR count). The molecule has 0 aliphatic heterocycles. The minimum Gasteiger partial charge on any atom is -0.349 e. The van der Waals surface area contributed by atoms with Crippen molar-refractivity contribution in [2.75, 3.05) is 6.54 Å². The molecule has 10 nitrogen and oxygen atoms in total. The van der Waals surface area contributed by atoms with Crippen molar-refractivity contribution in [1.82, 2.24) is 15.5 Å². The molecule has 1 atom stereocenters. The molecule has 0 aliphatic carbocycles. The lowest BCUT2D eigenvalue weighted by atomic mass is 10.2. The molecule has 118 valence electrons. The lowest BCUT2D eigenvalue weighted by molar-refractivity contribution is -0.385. The predicted molar refractivity (Wildman–Crippen MR) is 74.1 cm³/mol. The van der Waals surface area contributed by atoms with Gasteiger partial charge in [-0.05, 0) is 13.3 Å². The number of carbonyl (C=O) groups is 1. The summed E-state index contributed by atoms with van der Waals surface area (Å²) >= 11 is 0. The number of hydrogen-bond acceptors (Lipinski definition) is 6. The van der Waals surface area contributed by atoms with Gasteiger partial charge in [0.05, 0.1) is 10.2 Å². The van der Waals surface area contributed by atoms with E-state index in [1.165, 1.54) is 6.92 Å². The Morgan fingerprint density at radius 2 is 2.19 bits per heavy atom. The lowest BCUT2D eigenvalue weighted by Crippen LogP contribution is -2.38. The standard InChI is InChI=1S/C10H17N5O5S/c1-3-4-7-9(15(17)18)8(14-13-7)10(16)12-5-6(2)21(11,19)20/h6H,3-5H2,1-2H3,(H,12,16)(H,13,14)(H2,11,19,20). The van der Waals surface area contributed by atoms with Crippen LogP contribution in [-0.4, -0.2) is 41.2 Å². The molecule has 0 aromatic carbocycles. The average Bonchev–Trinajstić information content (AvgIpc) is 2.78. The minimum absolute atomic E-state index is 0.257. The van der Waals surface area contributed by atoms with E-state index in [1.54, 1.807) is 0 Å². The third-order valence-electron chi connectivity index (χ3n) is 2.82. The Morgan fingerprint density at radius 1 is 1.57 bits per heavy atom. The number of aromatic nitrogens is 2. The van der Waals surface area contributed by atoms with Crippen molar-refractivity contribution >= 4 is 21.6 Å². The fourth-order valence-corrected chi connectivity index (χ4v) is 1.90. The van der Waals surface area contributed by atoms with E-state index >= 15 is 0 Å². The Labute approximate surface area is 121 Å². The summed E-state index contributed by atoms with van der Waals surface area (Å²) in [7, 11) is -3.79. The molecule has 0 saturated carbocycles. The molecule has 1 unspecified atom stereocenters. The van der Waals surface area contributed by atoms with E-state index in [0.29, 0.717) is 12.8 Å². The van der Waals surface area contributed by atoms with Crippen LogP contribution < -0.4 is 10.5 Å². The van der Waals surface area contributed by atoms with Gasteiger partial charge in [-0.3, -0.25) is 20.0 Å². The number of nitro groups is 1. The predicted octanol–water partition coefficient (Wildman–Crippen LogP) is -0.323. The normalized spacial score (nSPS) is 12.9. The number of aryl methyl sites for hydroxylation is 1. The first kappa shape index (κ1) is 17.0. The van der Waals surface area contributed by atoms with E-state index in [4.69, 9.17) is 5.14 Å². The van der Waals surface area contributed by atoms with E-state index in [9.17, 15) is 23.3 Å². The summed E-state index contributed by atoms with van der Waals surface area (Å²) in [5.41, 5.74) is -0.505. The number of nitrogens with zero attached hydrogens (tertiary/aromatic N) is 2. The van der Waals surface area contributed by atoms with E-state index in [0.717, 1.165) is 0 Å². The molecule has 4 N–H and O–H groups in total. The Balaban J connectivity index is 2.91. The van der Waals surface area contributed by atoms with Gasteiger partial charge >= 0.3 is 5.69 Å². The summed E-state index contributed by atoms with van der Waals surface area (Å²) < 4.78 is 22.1. The molecule has 0 radical (unpaired) electrons. The zero-order valence-corrected chi connectivity index (χ0v) is 12.4. The number of aromatic amines is 1. The molecule has 1 aromatic rings. The van der Waals surface area contributed by atoms with Crippen LogP contribution in [0.3, 0.4) is 0 Å². The average molecular weight is 319 g/mol. The van der Waals surface area contributed by atoms with Gasteiger partial charge in [0, 0.05) is 6.54 Å². The van der Waals surface area contributed by atoms with E-state index in [-0.39, 0.29) is 17.9 Å². The number of H-pyrrole nitrogens is 1. The van der Waals surface area contributed by atoms with Gasteiger partial charge in [-0.15, -0.1) is 0 Å². The maximum Gasteiger partial charge on any atom is 0.322 e. The van der Waals surface area contributed by atoms with Crippen LogP contribution in [0.1, 0.15) is 36.5 Å². The van der Waals surface area contributed by atoms with Crippen molar-refractivity contribution < 1.29 is 18.1 Å². The van der Waals surface area contributed by atoms with Gasteiger partial charge in [-0.25, -0.2) is 13.6 Å². The number of carbonyl (C=O) groups excluding carboxylic acids is 1. The number of hydrogen-bond donors (Lipinski definition) is 3. The third-order valence-corrected chi connectivity index (χ3v) is 4.11. The Morgan fingerprint density at radius 3 is 2.67 bits per heavy atom. The number of amides is 1. The van der Waals surface area contributed by atoms with Crippen LogP contribution in [0.15, 0.2) is 0 Å². The molecule has 1 heterocycles. The Kier molecular flexibility index (Phi) is 5.38. The van der Waals surface area contributed by atoms with E-state index in [1.807, 2.05) is 6.92 Å². The molecule has 1 amide bonds. The van der Waals surface area contributed by atoms with Gasteiger partial charge < -0.3 is 5.32 Å². The summed E-state index contributed by atoms with van der Waals surface area (Å²) in [5.74, 6) is -0.823. The summed E-state index contributed by atoms with van der Waals surface area (Å²) in [6, 6.07) is 0. The minimum atomic E-state index is -3.79. The SMILES string of the molecule is CCCc1[nH]nc(C(=O)NCC(C)S(N)(=O)=O)c1[N+](=O)[O-]. The second-order valence-electron chi connectivity index (χ2n) is 4.52. The van der Waals surface area contributed by atoms with E-state index in [2.05, 4.69) is 15.5 Å². The number of nitrogens with one attached hydrogen (secondary N) is 2. The van der Waals surface area contributed by atoms with Crippen molar-refractivity contribution in [3.8, 4) is 0 Å². The van der Waals surface area contributed by atoms with Gasteiger partial charge in [0.25, 0.3) is 5.91 Å². The van der Waals surface area contributed by atoms with Crippen LogP contribution in [0.25, 0.3) is 0 Å². The molecular weight excluding hydrogens is 302 g/mol. The molecule has 11 heteroatoms. The van der Waals surface area contributed by atoms with Gasteiger partial charge in [-0.2, -0.15) is 5.10 Å². The molecule has 21 heavy (non-hydrogen) atoms. The highest BCUT2D eigenvalue weighted by Crippen LogP contribution is 2.22. The fraction of sp³-hybridized carbons (Fsp3) is 0.600. The van der Waals surface area contributed by atoms with Crippen molar-refractivity contribution in [2.45, 2.75) is 31.9 Å². The number of sulfonamides is 1. The third kappa shape index (κ3) is 4.23. The topological polar surface area (TPSA) is 161 Å². The fourth-order valence-electron chi connectivity index (χ4n) is 1.59. The first-order valence-electron chi connectivity index (χ1n) is 6.19. The highest BCUT2D eigenvalue weighted by Gasteiger charge is 2.29. The van der Waals surface area contributed by atoms with Crippen molar-refractivity contribution in [2.24, 2.45) is 5.14 Å². The van der Waals surface area contributed by atoms with Gasteiger partial charge in [0.15, 0.2) is 0 Å². The number of rotatable bonds is 7. The highest BCUT2D eigenvalue weighted by molar-refractivity contribution is 7.89. The molecular formula is C10H17N5O5S. The quantitative estimate of drug-likeness (QED) is 0.460. The lowest BCUT2D eigenvalue weighted by Gasteiger charge is -2.09. The maximum absolute atomic E-state index is 11.9. The zero-order valence-electron chi connectivity index (χ0n) is 11.6. The summed E-state index contributed by atoms with van der Waals surface area (Å²) in [5, 5.41) is 23.3. The molecule has 0 bridgehead atoms. The monoisotopic (exact) mass is 319 g/mol. The maximum atomic E-state index is 11.9. The largest absolute Gasteiger partial charge is 0.349 e. The molecule has 0 saturated heterocycles. The van der Waals surface area contributed by atoms with Crippen LogP contribution in [-0.2, 0) is 16.4 Å². The highest BCUT2D eigenvalue weighted by atomic mass is 32.2. The first-order chi connectivity index (χ1) is 9.68. The van der Waals surface area contributed by atoms with Crippen molar-refractivity contribution in [3.05, 3.63) is 21.5 Å².